The molecule has 2 amide bonds. The van der Waals surface area contributed by atoms with E-state index in [1.54, 1.807) is 42.5 Å². The van der Waals surface area contributed by atoms with Gasteiger partial charge >= 0.3 is 5.97 Å². The molecule has 0 bridgehead atoms. The van der Waals surface area contributed by atoms with Crippen LogP contribution >= 0.6 is 11.8 Å². The van der Waals surface area contributed by atoms with Crippen LogP contribution in [0.3, 0.4) is 0 Å². The largest absolute Gasteiger partial charge is 0.479 e. The Morgan fingerprint density at radius 2 is 1.93 bits per heavy atom. The minimum Gasteiger partial charge on any atom is -0.479 e. The van der Waals surface area contributed by atoms with Gasteiger partial charge in [0.1, 0.15) is 5.75 Å². The van der Waals surface area contributed by atoms with Gasteiger partial charge in [-0.1, -0.05) is 37.6 Å². The smallest absolute Gasteiger partial charge is 0.344 e. The number of carboxylic acid groups (broad SMARTS) is 1. The Hall–Kier alpha value is -3.06. The number of carbonyl (C=O) groups excluding carboxylic acids is 2. The summed E-state index contributed by atoms with van der Waals surface area (Å²) in [4.78, 5) is 37.7. The Bertz CT molecular complexity index is 983. The lowest BCUT2D eigenvalue weighted by molar-refractivity contribution is -0.144. The second kappa shape index (κ2) is 9.63. The van der Waals surface area contributed by atoms with Gasteiger partial charge in [0.05, 0.1) is 10.6 Å². The molecule has 1 fully saturated rings. The van der Waals surface area contributed by atoms with Crippen LogP contribution in [-0.4, -0.2) is 28.3 Å². The molecular formula is C23H23NO5S. The van der Waals surface area contributed by atoms with Gasteiger partial charge in [0, 0.05) is 0 Å². The van der Waals surface area contributed by atoms with Crippen LogP contribution in [0, 0.1) is 0 Å². The first-order chi connectivity index (χ1) is 14.4. The minimum atomic E-state index is -1.07. The highest BCUT2D eigenvalue weighted by molar-refractivity contribution is 8.19. The van der Waals surface area contributed by atoms with E-state index in [1.165, 1.54) is 17.4 Å². The van der Waals surface area contributed by atoms with Crippen molar-refractivity contribution in [2.45, 2.75) is 39.2 Å². The van der Waals surface area contributed by atoms with Gasteiger partial charge in [0.25, 0.3) is 11.1 Å². The number of ether oxygens (including phenoxy) is 1. The molecule has 0 aromatic heterocycles. The molecule has 1 heterocycles. The van der Waals surface area contributed by atoms with Crippen LogP contribution in [0.15, 0.2) is 53.4 Å². The number of unbranched alkanes of at least 4 members (excludes halogenated alkanes) is 1. The number of aliphatic carboxylic acids is 1. The Balaban J connectivity index is 1.77. The lowest BCUT2D eigenvalue weighted by atomic mass is 10.1. The molecule has 1 N–H and O–H groups in total. The average molecular weight is 426 g/mol. The zero-order valence-electron chi connectivity index (χ0n) is 16.8. The number of hydrogen-bond donors (Lipinski definition) is 1. The number of thioether (sulfide) groups is 1. The summed E-state index contributed by atoms with van der Waals surface area (Å²) >= 11 is 0.878. The minimum absolute atomic E-state index is 0.304. The Morgan fingerprint density at radius 1 is 1.20 bits per heavy atom. The number of anilines is 1. The lowest BCUT2D eigenvalue weighted by Crippen LogP contribution is -2.27. The molecule has 0 radical (unpaired) electrons. The standard InChI is InChI=1S/C23H23NO5S/c1-3-4-6-16-9-11-18(12-10-16)24-21(25)20(30-23(24)28)14-17-7-5-8-19(13-17)29-15(2)22(26)27/h5,7-15H,3-4,6H2,1-2H3,(H,26,27)/b20-14+. The van der Waals surface area contributed by atoms with Crippen molar-refractivity contribution in [3.8, 4) is 5.75 Å². The second-order valence-corrected chi connectivity index (χ2v) is 7.95. The van der Waals surface area contributed by atoms with Crippen LogP contribution in [0.2, 0.25) is 0 Å². The SMILES string of the molecule is CCCCc1ccc(N2C(=O)S/C(=C/c3cccc(OC(C)C(=O)O)c3)C2=O)cc1. The van der Waals surface area contributed by atoms with Crippen molar-refractivity contribution in [3.63, 3.8) is 0 Å². The first-order valence-corrected chi connectivity index (χ1v) is 10.6. The molecule has 1 unspecified atom stereocenters. The summed E-state index contributed by atoms with van der Waals surface area (Å²) in [6.45, 7) is 3.57. The normalized spacial score (nSPS) is 16.2. The maximum absolute atomic E-state index is 12.8. The van der Waals surface area contributed by atoms with Crippen molar-refractivity contribution in [3.05, 3.63) is 64.6 Å². The molecule has 6 nitrogen and oxygen atoms in total. The highest BCUT2D eigenvalue weighted by atomic mass is 32.2. The Kier molecular flexibility index (Phi) is 6.95. The first kappa shape index (κ1) is 21.6. The highest BCUT2D eigenvalue weighted by Crippen LogP contribution is 2.36. The van der Waals surface area contributed by atoms with Crippen LogP contribution in [-0.2, 0) is 16.0 Å². The molecule has 1 aliphatic rings. The number of imide groups is 1. The third kappa shape index (κ3) is 5.10. The van der Waals surface area contributed by atoms with Gasteiger partial charge in [0.2, 0.25) is 0 Å². The molecule has 0 aliphatic carbocycles. The zero-order valence-corrected chi connectivity index (χ0v) is 17.6. The molecule has 156 valence electrons. The molecule has 1 saturated heterocycles. The fourth-order valence-corrected chi connectivity index (χ4v) is 3.81. The number of nitrogens with zero attached hydrogens (tertiary/aromatic N) is 1. The fraction of sp³-hybridized carbons (Fsp3) is 0.261. The fourth-order valence-electron chi connectivity index (χ4n) is 2.97. The summed E-state index contributed by atoms with van der Waals surface area (Å²) in [7, 11) is 0. The van der Waals surface area contributed by atoms with E-state index in [-0.39, 0.29) is 11.1 Å². The number of rotatable bonds is 8. The molecule has 3 rings (SSSR count). The van der Waals surface area contributed by atoms with E-state index in [0.29, 0.717) is 21.9 Å². The summed E-state index contributed by atoms with van der Waals surface area (Å²) in [6.07, 6.45) is 3.79. The average Bonchev–Trinajstić information content (AvgIpc) is 3.00. The summed E-state index contributed by atoms with van der Waals surface area (Å²) < 4.78 is 5.36. The number of carbonyl (C=O) groups is 3. The monoisotopic (exact) mass is 425 g/mol. The van der Waals surface area contributed by atoms with E-state index in [9.17, 15) is 14.4 Å². The zero-order chi connectivity index (χ0) is 21.7. The summed E-state index contributed by atoms with van der Waals surface area (Å²) in [6, 6.07) is 14.2. The first-order valence-electron chi connectivity index (χ1n) is 9.75. The van der Waals surface area contributed by atoms with Gasteiger partial charge in [-0.2, -0.15) is 0 Å². The molecule has 30 heavy (non-hydrogen) atoms. The van der Waals surface area contributed by atoms with Crippen molar-refractivity contribution in [2.75, 3.05) is 4.90 Å². The van der Waals surface area contributed by atoms with Gasteiger partial charge in [-0.3, -0.25) is 9.59 Å². The quantitative estimate of drug-likeness (QED) is 0.591. The number of hydrogen-bond acceptors (Lipinski definition) is 5. The predicted octanol–water partition coefficient (Wildman–Crippen LogP) is 5.12. The number of aryl methyl sites for hydroxylation is 1. The van der Waals surface area contributed by atoms with Crippen LogP contribution in [0.4, 0.5) is 10.5 Å². The van der Waals surface area contributed by atoms with Crippen LogP contribution in [0.25, 0.3) is 6.08 Å². The van der Waals surface area contributed by atoms with E-state index in [4.69, 9.17) is 9.84 Å². The summed E-state index contributed by atoms with van der Waals surface area (Å²) in [5, 5.41) is 8.63. The summed E-state index contributed by atoms with van der Waals surface area (Å²) in [5.74, 6) is -1.07. The van der Waals surface area contributed by atoms with Gasteiger partial charge in [0.15, 0.2) is 6.10 Å². The van der Waals surface area contributed by atoms with Gasteiger partial charge in [-0.25, -0.2) is 9.69 Å². The van der Waals surface area contributed by atoms with E-state index in [2.05, 4.69) is 6.92 Å². The molecule has 7 heteroatoms. The van der Waals surface area contributed by atoms with Crippen LogP contribution in [0.1, 0.15) is 37.8 Å². The third-order valence-electron chi connectivity index (χ3n) is 4.62. The van der Waals surface area contributed by atoms with Crippen LogP contribution in [0.5, 0.6) is 5.75 Å². The molecule has 0 spiro atoms. The Morgan fingerprint density at radius 3 is 2.60 bits per heavy atom. The predicted molar refractivity (Wildman–Crippen MR) is 118 cm³/mol. The van der Waals surface area contributed by atoms with Gasteiger partial charge in [-0.15, -0.1) is 0 Å². The van der Waals surface area contributed by atoms with Crippen molar-refractivity contribution in [1.29, 1.82) is 0 Å². The van der Waals surface area contributed by atoms with Crippen LogP contribution < -0.4 is 9.64 Å². The number of carboxylic acids is 1. The molecule has 2 aromatic rings. The number of benzene rings is 2. The maximum atomic E-state index is 12.8. The second-order valence-electron chi connectivity index (χ2n) is 6.96. The third-order valence-corrected chi connectivity index (χ3v) is 5.49. The van der Waals surface area contributed by atoms with Crippen molar-refractivity contribution >= 4 is 40.6 Å². The topological polar surface area (TPSA) is 83.9 Å². The van der Waals surface area contributed by atoms with Gasteiger partial charge in [-0.05, 0) is 73.0 Å². The molecule has 1 atom stereocenters. The molecule has 0 saturated carbocycles. The maximum Gasteiger partial charge on any atom is 0.344 e. The highest BCUT2D eigenvalue weighted by Gasteiger charge is 2.36. The van der Waals surface area contributed by atoms with E-state index in [0.717, 1.165) is 31.0 Å². The van der Waals surface area contributed by atoms with Crippen molar-refractivity contribution in [1.82, 2.24) is 0 Å². The molecule has 2 aromatic carbocycles. The lowest BCUT2D eigenvalue weighted by Gasteiger charge is -2.13. The van der Waals surface area contributed by atoms with E-state index in [1.807, 2.05) is 12.1 Å². The molecular weight excluding hydrogens is 402 g/mol. The van der Waals surface area contributed by atoms with E-state index >= 15 is 0 Å². The van der Waals surface area contributed by atoms with Crippen molar-refractivity contribution < 1.29 is 24.2 Å². The Labute approximate surface area is 179 Å². The number of amides is 2. The van der Waals surface area contributed by atoms with Gasteiger partial charge < -0.3 is 9.84 Å². The molecule has 1 aliphatic heterocycles. The van der Waals surface area contributed by atoms with Crippen molar-refractivity contribution in [2.24, 2.45) is 0 Å². The van der Waals surface area contributed by atoms with E-state index < -0.39 is 12.1 Å². The summed E-state index contributed by atoms with van der Waals surface area (Å²) in [5.41, 5.74) is 2.37.